The van der Waals surface area contributed by atoms with E-state index in [0.29, 0.717) is 6.04 Å². The highest BCUT2D eigenvalue weighted by Gasteiger charge is 2.17. The van der Waals surface area contributed by atoms with Gasteiger partial charge in [0.25, 0.3) is 0 Å². The maximum atomic E-state index is 4.17. The van der Waals surface area contributed by atoms with Gasteiger partial charge in [-0.3, -0.25) is 4.98 Å². The molecule has 2 unspecified atom stereocenters. The Kier molecular flexibility index (Phi) is 5.80. The molecule has 0 aromatic carbocycles. The zero-order valence-electron chi connectivity index (χ0n) is 12.3. The molecule has 1 saturated heterocycles. The van der Waals surface area contributed by atoms with Crippen molar-refractivity contribution in [2.45, 2.75) is 51.6 Å². The number of pyridine rings is 1. The number of nitrogens with zero attached hydrogens (tertiary/aromatic N) is 2. The molecule has 0 spiro atoms. The Balaban J connectivity index is 1.64. The Labute approximate surface area is 117 Å². The normalized spacial score (nSPS) is 22.3. The monoisotopic (exact) mass is 261 g/mol. The lowest BCUT2D eigenvalue weighted by Crippen LogP contribution is -2.39. The molecule has 2 rings (SSSR count). The second-order valence-electron chi connectivity index (χ2n) is 5.70. The maximum Gasteiger partial charge on any atom is 0.0315 e. The van der Waals surface area contributed by atoms with Gasteiger partial charge < -0.3 is 10.2 Å². The van der Waals surface area contributed by atoms with E-state index in [0.717, 1.165) is 12.6 Å². The largest absolute Gasteiger partial charge is 0.310 e. The minimum atomic E-state index is 0.396. The van der Waals surface area contributed by atoms with Crippen molar-refractivity contribution in [3.8, 4) is 0 Å². The number of rotatable bonds is 6. The average molecular weight is 261 g/mol. The molecule has 1 N–H and O–H groups in total. The van der Waals surface area contributed by atoms with E-state index in [4.69, 9.17) is 0 Å². The lowest BCUT2D eigenvalue weighted by molar-refractivity contribution is 0.158. The minimum absolute atomic E-state index is 0.396. The number of hydrogen-bond acceptors (Lipinski definition) is 3. The van der Waals surface area contributed by atoms with Crippen molar-refractivity contribution in [3.63, 3.8) is 0 Å². The van der Waals surface area contributed by atoms with Crippen LogP contribution in [0, 0.1) is 0 Å². The third kappa shape index (κ3) is 4.59. The van der Waals surface area contributed by atoms with Gasteiger partial charge >= 0.3 is 0 Å². The van der Waals surface area contributed by atoms with E-state index < -0.39 is 0 Å². The van der Waals surface area contributed by atoms with Gasteiger partial charge in [-0.2, -0.15) is 0 Å². The van der Waals surface area contributed by atoms with E-state index in [-0.39, 0.29) is 0 Å². The van der Waals surface area contributed by atoms with Crippen molar-refractivity contribution in [2.24, 2.45) is 0 Å². The second kappa shape index (κ2) is 7.61. The van der Waals surface area contributed by atoms with Crippen LogP contribution in [0.2, 0.25) is 0 Å². The van der Waals surface area contributed by atoms with Crippen molar-refractivity contribution in [1.29, 1.82) is 0 Å². The van der Waals surface area contributed by atoms with Crippen LogP contribution in [0.4, 0.5) is 0 Å². The van der Waals surface area contributed by atoms with E-state index in [1.807, 2.05) is 18.5 Å². The first-order chi connectivity index (χ1) is 9.27. The van der Waals surface area contributed by atoms with Crippen LogP contribution in [0.15, 0.2) is 24.5 Å². The lowest BCUT2D eigenvalue weighted by Gasteiger charge is -2.33. The first-order valence-electron chi connectivity index (χ1n) is 7.64. The predicted molar refractivity (Wildman–Crippen MR) is 80.2 cm³/mol. The highest BCUT2D eigenvalue weighted by atomic mass is 15.2. The van der Waals surface area contributed by atoms with Gasteiger partial charge in [-0.15, -0.1) is 0 Å². The molecule has 2 atom stereocenters. The van der Waals surface area contributed by atoms with Crippen LogP contribution in [-0.4, -0.2) is 35.6 Å². The summed E-state index contributed by atoms with van der Waals surface area (Å²) in [6, 6.07) is 5.32. The number of hydrogen-bond donors (Lipinski definition) is 1. The van der Waals surface area contributed by atoms with Crippen molar-refractivity contribution in [1.82, 2.24) is 15.2 Å². The molecule has 19 heavy (non-hydrogen) atoms. The maximum absolute atomic E-state index is 4.17. The molecule has 3 nitrogen and oxygen atoms in total. The van der Waals surface area contributed by atoms with Crippen LogP contribution in [0.25, 0.3) is 0 Å². The fraction of sp³-hybridized carbons (Fsp3) is 0.688. The number of piperidine rings is 1. The van der Waals surface area contributed by atoms with Crippen molar-refractivity contribution >= 4 is 0 Å². The highest BCUT2D eigenvalue weighted by Crippen LogP contribution is 2.16. The zero-order chi connectivity index (χ0) is 13.5. The van der Waals surface area contributed by atoms with Crippen LogP contribution < -0.4 is 5.32 Å². The first-order valence-corrected chi connectivity index (χ1v) is 7.64. The topological polar surface area (TPSA) is 28.2 Å². The minimum Gasteiger partial charge on any atom is -0.310 e. The van der Waals surface area contributed by atoms with Crippen molar-refractivity contribution in [3.05, 3.63) is 30.1 Å². The van der Waals surface area contributed by atoms with Gasteiger partial charge in [0.15, 0.2) is 0 Å². The molecule has 0 bridgehead atoms. The van der Waals surface area contributed by atoms with Gasteiger partial charge in [-0.1, -0.05) is 12.5 Å². The van der Waals surface area contributed by atoms with Gasteiger partial charge in [0.05, 0.1) is 0 Å². The van der Waals surface area contributed by atoms with E-state index in [9.17, 15) is 0 Å². The number of aromatic nitrogens is 1. The lowest BCUT2D eigenvalue weighted by atomic mass is 10.0. The Morgan fingerprint density at radius 3 is 3.11 bits per heavy atom. The Morgan fingerprint density at radius 2 is 2.37 bits per heavy atom. The van der Waals surface area contributed by atoms with Gasteiger partial charge in [-0.05, 0) is 64.4 Å². The number of nitrogens with one attached hydrogen (secondary N) is 1. The molecule has 0 amide bonds. The summed E-state index contributed by atoms with van der Waals surface area (Å²) < 4.78 is 0. The SMILES string of the molecule is CC(NCCCN1CCCCC1C)c1cccnc1. The third-order valence-electron chi connectivity index (χ3n) is 4.20. The Morgan fingerprint density at radius 1 is 1.47 bits per heavy atom. The molecule has 0 saturated carbocycles. The quantitative estimate of drug-likeness (QED) is 0.798. The van der Waals surface area contributed by atoms with Gasteiger partial charge in [0.2, 0.25) is 0 Å². The van der Waals surface area contributed by atoms with Gasteiger partial charge in [0.1, 0.15) is 0 Å². The molecule has 106 valence electrons. The van der Waals surface area contributed by atoms with Crippen LogP contribution in [0.5, 0.6) is 0 Å². The van der Waals surface area contributed by atoms with E-state index in [1.165, 1.54) is 44.3 Å². The Hall–Kier alpha value is -0.930. The van der Waals surface area contributed by atoms with Gasteiger partial charge in [0, 0.05) is 24.5 Å². The molecule has 1 aromatic rings. The number of likely N-dealkylation sites (tertiary alicyclic amines) is 1. The standard InChI is InChI=1S/C16H27N3/c1-14-7-3-4-11-19(14)12-6-10-18-15(2)16-8-5-9-17-13-16/h5,8-9,13-15,18H,3-4,6-7,10-12H2,1-2H3. The summed E-state index contributed by atoms with van der Waals surface area (Å²) in [5.74, 6) is 0. The van der Waals surface area contributed by atoms with Crippen LogP contribution >= 0.6 is 0 Å². The van der Waals surface area contributed by atoms with E-state index >= 15 is 0 Å². The summed E-state index contributed by atoms with van der Waals surface area (Å²) in [6.45, 7) is 8.18. The van der Waals surface area contributed by atoms with Crippen molar-refractivity contribution < 1.29 is 0 Å². The van der Waals surface area contributed by atoms with Crippen molar-refractivity contribution in [2.75, 3.05) is 19.6 Å². The summed E-state index contributed by atoms with van der Waals surface area (Å²) in [7, 11) is 0. The Bertz CT molecular complexity index is 352. The summed E-state index contributed by atoms with van der Waals surface area (Å²) in [5.41, 5.74) is 1.27. The summed E-state index contributed by atoms with van der Waals surface area (Å²) >= 11 is 0. The molecule has 1 aromatic heterocycles. The summed E-state index contributed by atoms with van der Waals surface area (Å²) in [5, 5.41) is 3.59. The van der Waals surface area contributed by atoms with Crippen LogP contribution in [-0.2, 0) is 0 Å². The smallest absolute Gasteiger partial charge is 0.0315 e. The van der Waals surface area contributed by atoms with E-state index in [2.05, 4.69) is 35.1 Å². The molecular weight excluding hydrogens is 234 g/mol. The molecular formula is C16H27N3. The van der Waals surface area contributed by atoms with Crippen LogP contribution in [0.1, 0.15) is 51.1 Å². The van der Waals surface area contributed by atoms with E-state index in [1.54, 1.807) is 0 Å². The molecule has 1 fully saturated rings. The summed E-state index contributed by atoms with van der Waals surface area (Å²) in [4.78, 5) is 6.81. The average Bonchev–Trinajstić information content (AvgIpc) is 2.46. The third-order valence-corrected chi connectivity index (χ3v) is 4.20. The molecule has 3 heteroatoms. The molecule has 2 heterocycles. The molecule has 1 aliphatic rings. The second-order valence-corrected chi connectivity index (χ2v) is 5.70. The predicted octanol–water partition coefficient (Wildman–Crippen LogP) is 3.00. The van der Waals surface area contributed by atoms with Crippen LogP contribution in [0.3, 0.4) is 0 Å². The molecule has 1 aliphatic heterocycles. The summed E-state index contributed by atoms with van der Waals surface area (Å²) in [6.07, 6.45) is 9.17. The zero-order valence-corrected chi connectivity index (χ0v) is 12.3. The highest BCUT2D eigenvalue weighted by molar-refractivity contribution is 5.12. The molecule has 0 aliphatic carbocycles. The fourth-order valence-electron chi connectivity index (χ4n) is 2.84. The van der Waals surface area contributed by atoms with Gasteiger partial charge in [-0.25, -0.2) is 0 Å². The fourth-order valence-corrected chi connectivity index (χ4v) is 2.84. The first kappa shape index (κ1) is 14.5. The molecule has 0 radical (unpaired) electrons.